The number of amides is 1. The van der Waals surface area contributed by atoms with Gasteiger partial charge in [-0.3, -0.25) is 4.79 Å². The molecule has 0 aliphatic heterocycles. The predicted molar refractivity (Wildman–Crippen MR) is 63.0 cm³/mol. The summed E-state index contributed by atoms with van der Waals surface area (Å²) in [4.78, 5) is 11.5. The van der Waals surface area contributed by atoms with E-state index in [4.69, 9.17) is 5.73 Å². The Morgan fingerprint density at radius 2 is 2.47 bits per heavy atom. The number of nitrogens with zero attached hydrogens (tertiary/aromatic N) is 3. The van der Waals surface area contributed by atoms with Crippen LogP contribution in [0.3, 0.4) is 0 Å². The molecule has 0 spiro atoms. The van der Waals surface area contributed by atoms with E-state index >= 15 is 0 Å². The summed E-state index contributed by atoms with van der Waals surface area (Å²) in [5, 5.41) is 10.8. The molecule has 0 radical (unpaired) electrons. The second-order valence-corrected chi connectivity index (χ2v) is 4.58. The molecule has 17 heavy (non-hydrogen) atoms. The maximum Gasteiger partial charge on any atom is 0.242 e. The minimum atomic E-state index is -0.0831. The second-order valence-electron chi connectivity index (χ2n) is 4.58. The lowest BCUT2D eigenvalue weighted by Crippen LogP contribution is -2.29. The van der Waals surface area contributed by atoms with Gasteiger partial charge in [0, 0.05) is 6.04 Å². The van der Waals surface area contributed by atoms with Crippen LogP contribution >= 0.6 is 0 Å². The monoisotopic (exact) mass is 237 g/mol. The van der Waals surface area contributed by atoms with Crippen molar-refractivity contribution in [3.8, 4) is 0 Å². The van der Waals surface area contributed by atoms with Gasteiger partial charge in [-0.1, -0.05) is 18.6 Å². The molecule has 1 aromatic heterocycles. The molecule has 1 amide bonds. The third kappa shape index (κ3) is 3.52. The molecule has 6 nitrogen and oxygen atoms in total. The fourth-order valence-electron chi connectivity index (χ4n) is 1.67. The molecule has 1 atom stereocenters. The van der Waals surface area contributed by atoms with Crippen LogP contribution in [0, 0.1) is 0 Å². The fraction of sp³-hybridized carbons (Fsp3) is 0.727. The Morgan fingerprint density at radius 3 is 3.12 bits per heavy atom. The maximum absolute atomic E-state index is 11.5. The lowest BCUT2D eigenvalue weighted by Gasteiger charge is -2.04. The van der Waals surface area contributed by atoms with Crippen LogP contribution in [0.5, 0.6) is 0 Å². The Morgan fingerprint density at radius 1 is 1.71 bits per heavy atom. The Labute approximate surface area is 101 Å². The molecular weight excluding hydrogens is 218 g/mol. The van der Waals surface area contributed by atoms with Gasteiger partial charge in [0.25, 0.3) is 0 Å². The minimum absolute atomic E-state index is 0.00647. The van der Waals surface area contributed by atoms with Crippen LogP contribution in [0.2, 0.25) is 0 Å². The number of rotatable bonds is 6. The Balaban J connectivity index is 1.86. The summed E-state index contributed by atoms with van der Waals surface area (Å²) in [5.41, 5.74) is 6.68. The molecule has 6 heteroatoms. The van der Waals surface area contributed by atoms with Gasteiger partial charge in [0.2, 0.25) is 5.91 Å². The first-order valence-corrected chi connectivity index (χ1v) is 6.14. The van der Waals surface area contributed by atoms with Crippen molar-refractivity contribution in [2.75, 3.05) is 0 Å². The van der Waals surface area contributed by atoms with Gasteiger partial charge in [-0.05, 0) is 19.3 Å². The lowest BCUT2D eigenvalue weighted by molar-refractivity contribution is -0.122. The van der Waals surface area contributed by atoms with Gasteiger partial charge in [0.05, 0.1) is 17.9 Å². The van der Waals surface area contributed by atoms with E-state index in [0.29, 0.717) is 6.04 Å². The number of nitrogens with two attached hydrogens (primary N) is 1. The molecule has 1 aliphatic carbocycles. The average Bonchev–Trinajstić information content (AvgIpc) is 2.95. The van der Waals surface area contributed by atoms with Crippen molar-refractivity contribution in [2.45, 2.75) is 51.2 Å². The molecule has 1 heterocycles. The van der Waals surface area contributed by atoms with E-state index in [9.17, 15) is 4.79 Å². The van der Waals surface area contributed by atoms with Crippen molar-refractivity contribution >= 4 is 5.91 Å². The SMILES string of the molecule is CCCC(N)c1cn(CC(=O)NC2CC2)nn1. The molecule has 1 saturated carbocycles. The quantitative estimate of drug-likeness (QED) is 0.748. The molecule has 1 aromatic rings. The molecule has 0 aromatic carbocycles. The fourth-order valence-corrected chi connectivity index (χ4v) is 1.67. The third-order valence-corrected chi connectivity index (χ3v) is 2.78. The van der Waals surface area contributed by atoms with Crippen molar-refractivity contribution in [3.63, 3.8) is 0 Å². The highest BCUT2D eigenvalue weighted by Gasteiger charge is 2.23. The van der Waals surface area contributed by atoms with Crippen LogP contribution < -0.4 is 11.1 Å². The van der Waals surface area contributed by atoms with Crippen molar-refractivity contribution in [3.05, 3.63) is 11.9 Å². The van der Waals surface area contributed by atoms with Crippen LogP contribution in [-0.2, 0) is 11.3 Å². The molecule has 1 fully saturated rings. The largest absolute Gasteiger partial charge is 0.352 e. The van der Waals surface area contributed by atoms with Crippen molar-refractivity contribution in [1.82, 2.24) is 20.3 Å². The van der Waals surface area contributed by atoms with Gasteiger partial charge in [0.1, 0.15) is 6.54 Å². The van der Waals surface area contributed by atoms with E-state index in [2.05, 4.69) is 22.6 Å². The van der Waals surface area contributed by atoms with Crippen LogP contribution in [0.4, 0.5) is 0 Å². The van der Waals surface area contributed by atoms with E-state index in [1.165, 1.54) is 0 Å². The first-order valence-electron chi connectivity index (χ1n) is 6.14. The van der Waals surface area contributed by atoms with Gasteiger partial charge in [-0.25, -0.2) is 4.68 Å². The third-order valence-electron chi connectivity index (χ3n) is 2.78. The van der Waals surface area contributed by atoms with Gasteiger partial charge < -0.3 is 11.1 Å². The van der Waals surface area contributed by atoms with Crippen LogP contribution in [0.25, 0.3) is 0 Å². The molecule has 0 bridgehead atoms. The molecule has 1 unspecified atom stereocenters. The van der Waals surface area contributed by atoms with E-state index in [0.717, 1.165) is 31.4 Å². The first kappa shape index (κ1) is 12.0. The summed E-state index contributed by atoms with van der Waals surface area (Å²) in [6.07, 6.45) is 5.83. The number of hydrogen-bond donors (Lipinski definition) is 2. The van der Waals surface area contributed by atoms with Crippen molar-refractivity contribution < 1.29 is 4.79 Å². The zero-order chi connectivity index (χ0) is 12.3. The molecule has 0 saturated heterocycles. The van der Waals surface area contributed by atoms with E-state index in [1.807, 2.05) is 0 Å². The summed E-state index contributed by atoms with van der Waals surface area (Å²) >= 11 is 0. The highest BCUT2D eigenvalue weighted by molar-refractivity contribution is 5.76. The summed E-state index contributed by atoms with van der Waals surface area (Å²) in [6, 6.07) is 0.299. The summed E-state index contributed by atoms with van der Waals surface area (Å²) < 4.78 is 1.54. The molecule has 94 valence electrons. The Hall–Kier alpha value is -1.43. The second kappa shape index (κ2) is 5.27. The van der Waals surface area contributed by atoms with Crippen LogP contribution in [-0.4, -0.2) is 26.9 Å². The van der Waals surface area contributed by atoms with Crippen LogP contribution in [0.1, 0.15) is 44.3 Å². The zero-order valence-electron chi connectivity index (χ0n) is 10.1. The zero-order valence-corrected chi connectivity index (χ0v) is 10.1. The summed E-state index contributed by atoms with van der Waals surface area (Å²) in [5.74, 6) is -0.00647. The number of hydrogen-bond acceptors (Lipinski definition) is 4. The van der Waals surface area contributed by atoms with Crippen molar-refractivity contribution in [1.29, 1.82) is 0 Å². The maximum atomic E-state index is 11.5. The number of nitrogens with one attached hydrogen (secondary N) is 1. The standard InChI is InChI=1S/C11H19N5O/c1-2-3-9(12)10-6-16(15-14-10)7-11(17)13-8-4-5-8/h6,8-9H,2-5,7,12H2,1H3,(H,13,17). The predicted octanol–water partition coefficient (Wildman–Crippen LogP) is 0.357. The number of carbonyl (C=O) groups is 1. The summed E-state index contributed by atoms with van der Waals surface area (Å²) in [7, 11) is 0. The Bertz CT molecular complexity index is 385. The first-order chi connectivity index (χ1) is 8.19. The Kier molecular flexibility index (Phi) is 3.73. The lowest BCUT2D eigenvalue weighted by atomic mass is 10.1. The topological polar surface area (TPSA) is 85.8 Å². The molecule has 1 aliphatic rings. The van der Waals surface area contributed by atoms with Gasteiger partial charge in [-0.15, -0.1) is 5.10 Å². The van der Waals surface area contributed by atoms with E-state index in [1.54, 1.807) is 10.9 Å². The summed E-state index contributed by atoms with van der Waals surface area (Å²) in [6.45, 7) is 2.30. The highest BCUT2D eigenvalue weighted by atomic mass is 16.2. The van der Waals surface area contributed by atoms with Gasteiger partial charge in [-0.2, -0.15) is 0 Å². The highest BCUT2D eigenvalue weighted by Crippen LogP contribution is 2.18. The minimum Gasteiger partial charge on any atom is -0.352 e. The number of carbonyl (C=O) groups excluding carboxylic acids is 1. The van der Waals surface area contributed by atoms with Crippen LogP contribution in [0.15, 0.2) is 6.20 Å². The molecule has 2 rings (SSSR count). The van der Waals surface area contributed by atoms with Gasteiger partial charge in [0.15, 0.2) is 0 Å². The normalized spacial score (nSPS) is 16.8. The molecular formula is C11H19N5O. The van der Waals surface area contributed by atoms with E-state index < -0.39 is 0 Å². The number of aromatic nitrogens is 3. The average molecular weight is 237 g/mol. The van der Waals surface area contributed by atoms with E-state index in [-0.39, 0.29) is 18.5 Å². The van der Waals surface area contributed by atoms with Crippen molar-refractivity contribution in [2.24, 2.45) is 5.73 Å². The molecule has 3 N–H and O–H groups in total. The smallest absolute Gasteiger partial charge is 0.242 e. The van der Waals surface area contributed by atoms with Gasteiger partial charge >= 0.3 is 0 Å².